The number of hydrogen-bond acceptors (Lipinski definition) is 7. The Balaban J connectivity index is 3.05. The van der Waals surface area contributed by atoms with Crippen LogP contribution in [0.25, 0.3) is 0 Å². The fourth-order valence-electron chi connectivity index (χ4n) is 1.47. The van der Waals surface area contributed by atoms with Crippen LogP contribution in [0, 0.1) is 16.0 Å². The van der Waals surface area contributed by atoms with Crippen molar-refractivity contribution in [2.45, 2.75) is 33.2 Å². The fraction of sp³-hybridized carbons (Fsp3) is 0.600. The van der Waals surface area contributed by atoms with Crippen molar-refractivity contribution < 1.29 is 4.92 Å². The van der Waals surface area contributed by atoms with E-state index in [0.29, 0.717) is 5.92 Å². The van der Waals surface area contributed by atoms with Gasteiger partial charge in [-0.15, -0.1) is 0 Å². The van der Waals surface area contributed by atoms with E-state index in [1.54, 1.807) is 0 Å². The molecule has 2 atom stereocenters. The van der Waals surface area contributed by atoms with E-state index in [4.69, 9.17) is 5.84 Å². The number of hydrazine groups is 1. The third-order valence-corrected chi connectivity index (χ3v) is 3.00. The predicted molar refractivity (Wildman–Crippen MR) is 69.0 cm³/mol. The SMILES string of the molecule is CCC(C)C(C)Nc1ncnc(NN)c1[N+](=O)[O-]. The first-order valence-corrected chi connectivity index (χ1v) is 5.73. The second-order valence-electron chi connectivity index (χ2n) is 4.14. The zero-order valence-electron chi connectivity index (χ0n) is 10.7. The molecule has 0 radical (unpaired) electrons. The molecule has 18 heavy (non-hydrogen) atoms. The quantitative estimate of drug-likeness (QED) is 0.400. The van der Waals surface area contributed by atoms with Crippen LogP contribution < -0.4 is 16.6 Å². The van der Waals surface area contributed by atoms with Crippen LogP contribution in [0.3, 0.4) is 0 Å². The van der Waals surface area contributed by atoms with Crippen LogP contribution >= 0.6 is 0 Å². The summed E-state index contributed by atoms with van der Waals surface area (Å²) in [7, 11) is 0. The molecule has 1 heterocycles. The van der Waals surface area contributed by atoms with Gasteiger partial charge in [0.25, 0.3) is 0 Å². The standard InChI is InChI=1S/C10H18N6O2/c1-4-6(2)7(3)14-9-8(16(17)18)10(15-11)13-5-12-9/h5-7H,4,11H2,1-3H3,(H2,12,13,14,15). The molecule has 0 aliphatic heterocycles. The molecule has 0 aliphatic carbocycles. The molecule has 0 aromatic carbocycles. The van der Waals surface area contributed by atoms with E-state index >= 15 is 0 Å². The maximum Gasteiger partial charge on any atom is 0.354 e. The molecule has 0 fully saturated rings. The minimum atomic E-state index is -0.555. The summed E-state index contributed by atoms with van der Waals surface area (Å²) in [6.45, 7) is 6.08. The molecule has 0 saturated heterocycles. The lowest BCUT2D eigenvalue weighted by Gasteiger charge is -2.20. The van der Waals surface area contributed by atoms with Gasteiger partial charge in [-0.2, -0.15) is 0 Å². The van der Waals surface area contributed by atoms with Gasteiger partial charge in [0.15, 0.2) is 0 Å². The van der Waals surface area contributed by atoms with Crippen molar-refractivity contribution >= 4 is 17.3 Å². The number of nitrogens with zero attached hydrogens (tertiary/aromatic N) is 3. The number of nitro groups is 1. The molecule has 8 heteroatoms. The zero-order chi connectivity index (χ0) is 13.7. The fourth-order valence-corrected chi connectivity index (χ4v) is 1.47. The molecular weight excluding hydrogens is 236 g/mol. The largest absolute Gasteiger partial charge is 0.361 e. The van der Waals surface area contributed by atoms with Crippen LogP contribution in [-0.4, -0.2) is 20.9 Å². The van der Waals surface area contributed by atoms with Gasteiger partial charge in [-0.05, 0) is 12.8 Å². The van der Waals surface area contributed by atoms with Crippen LogP contribution in [0.1, 0.15) is 27.2 Å². The summed E-state index contributed by atoms with van der Waals surface area (Å²) in [5.41, 5.74) is 1.96. The maximum absolute atomic E-state index is 11.0. The normalized spacial score (nSPS) is 13.8. The van der Waals surface area contributed by atoms with Gasteiger partial charge in [0.05, 0.1) is 4.92 Å². The highest BCUT2D eigenvalue weighted by molar-refractivity contribution is 5.68. The lowest BCUT2D eigenvalue weighted by atomic mass is 10.0. The van der Waals surface area contributed by atoms with Gasteiger partial charge in [0.1, 0.15) is 6.33 Å². The summed E-state index contributed by atoms with van der Waals surface area (Å²) in [4.78, 5) is 18.1. The average Bonchev–Trinajstić information content (AvgIpc) is 2.36. The van der Waals surface area contributed by atoms with E-state index in [1.807, 2.05) is 6.92 Å². The molecule has 0 bridgehead atoms. The topological polar surface area (TPSA) is 119 Å². The minimum Gasteiger partial charge on any atom is -0.361 e. The van der Waals surface area contributed by atoms with Crippen molar-refractivity contribution in [2.75, 3.05) is 10.7 Å². The van der Waals surface area contributed by atoms with E-state index < -0.39 is 4.92 Å². The Hall–Kier alpha value is -1.96. The average molecular weight is 254 g/mol. The summed E-state index contributed by atoms with van der Waals surface area (Å²) in [6.07, 6.45) is 2.20. The number of nitrogens with two attached hydrogens (primary N) is 1. The highest BCUT2D eigenvalue weighted by Gasteiger charge is 2.24. The Kier molecular flexibility index (Phi) is 4.78. The van der Waals surface area contributed by atoms with Gasteiger partial charge in [-0.1, -0.05) is 20.3 Å². The molecule has 0 amide bonds. The van der Waals surface area contributed by atoms with E-state index in [-0.39, 0.29) is 23.4 Å². The van der Waals surface area contributed by atoms with Gasteiger partial charge in [-0.25, -0.2) is 15.8 Å². The molecule has 1 aromatic rings. The Morgan fingerprint density at radius 1 is 1.44 bits per heavy atom. The van der Waals surface area contributed by atoms with Crippen LogP contribution in [0.4, 0.5) is 17.3 Å². The summed E-state index contributed by atoms with van der Waals surface area (Å²) in [5.74, 6) is 5.74. The third kappa shape index (κ3) is 3.04. The van der Waals surface area contributed by atoms with Crippen LogP contribution in [-0.2, 0) is 0 Å². The molecule has 0 aliphatic rings. The van der Waals surface area contributed by atoms with Crippen molar-refractivity contribution in [3.63, 3.8) is 0 Å². The van der Waals surface area contributed by atoms with Crippen molar-refractivity contribution in [3.05, 3.63) is 16.4 Å². The minimum absolute atomic E-state index is 0.00569. The Bertz CT molecular complexity index is 425. The first kappa shape index (κ1) is 14.1. The van der Waals surface area contributed by atoms with E-state index in [9.17, 15) is 10.1 Å². The number of aromatic nitrogens is 2. The molecule has 100 valence electrons. The van der Waals surface area contributed by atoms with E-state index in [0.717, 1.165) is 6.42 Å². The van der Waals surface area contributed by atoms with Crippen molar-refractivity contribution in [3.8, 4) is 0 Å². The molecule has 8 nitrogen and oxygen atoms in total. The predicted octanol–water partition coefficient (Wildman–Crippen LogP) is 1.52. The van der Waals surface area contributed by atoms with Crippen molar-refractivity contribution in [2.24, 2.45) is 11.8 Å². The molecule has 4 N–H and O–H groups in total. The van der Waals surface area contributed by atoms with Crippen molar-refractivity contribution in [1.82, 2.24) is 9.97 Å². The summed E-state index contributed by atoms with van der Waals surface area (Å²) in [6, 6.07) is 0.0641. The second kappa shape index (κ2) is 6.10. The Labute approximate surface area is 105 Å². The van der Waals surface area contributed by atoms with Gasteiger partial charge >= 0.3 is 5.69 Å². The van der Waals surface area contributed by atoms with Gasteiger partial charge in [-0.3, -0.25) is 10.1 Å². The molecule has 0 saturated carbocycles. The monoisotopic (exact) mass is 254 g/mol. The molecule has 1 rings (SSSR count). The maximum atomic E-state index is 11.0. The molecule has 2 unspecified atom stereocenters. The Morgan fingerprint density at radius 3 is 2.56 bits per heavy atom. The number of anilines is 2. The van der Waals surface area contributed by atoms with Crippen LogP contribution in [0.5, 0.6) is 0 Å². The lowest BCUT2D eigenvalue weighted by Crippen LogP contribution is -2.25. The van der Waals surface area contributed by atoms with Gasteiger partial charge in [0.2, 0.25) is 11.6 Å². The molecule has 0 spiro atoms. The summed E-state index contributed by atoms with van der Waals surface area (Å²) in [5, 5.41) is 14.0. The Morgan fingerprint density at radius 2 is 2.06 bits per heavy atom. The number of rotatable bonds is 6. The second-order valence-corrected chi connectivity index (χ2v) is 4.14. The first-order chi connectivity index (χ1) is 8.51. The van der Waals surface area contributed by atoms with E-state index in [2.05, 4.69) is 34.6 Å². The number of hydrogen-bond donors (Lipinski definition) is 3. The smallest absolute Gasteiger partial charge is 0.354 e. The highest BCUT2D eigenvalue weighted by Crippen LogP contribution is 2.29. The van der Waals surface area contributed by atoms with E-state index in [1.165, 1.54) is 6.33 Å². The first-order valence-electron chi connectivity index (χ1n) is 5.73. The zero-order valence-corrected chi connectivity index (χ0v) is 10.7. The summed E-state index contributed by atoms with van der Waals surface area (Å²) >= 11 is 0. The van der Waals surface area contributed by atoms with Gasteiger partial charge < -0.3 is 10.7 Å². The van der Waals surface area contributed by atoms with Gasteiger partial charge in [0, 0.05) is 6.04 Å². The third-order valence-electron chi connectivity index (χ3n) is 3.00. The lowest BCUT2D eigenvalue weighted by molar-refractivity contribution is -0.383. The number of nitrogens with one attached hydrogen (secondary N) is 2. The summed E-state index contributed by atoms with van der Waals surface area (Å²) < 4.78 is 0. The highest BCUT2D eigenvalue weighted by atomic mass is 16.6. The molecule has 1 aromatic heterocycles. The van der Waals surface area contributed by atoms with Crippen LogP contribution in [0.15, 0.2) is 6.33 Å². The van der Waals surface area contributed by atoms with Crippen LogP contribution in [0.2, 0.25) is 0 Å². The molecular formula is C10H18N6O2. The number of nitrogen functional groups attached to an aromatic ring is 1. The van der Waals surface area contributed by atoms with Crippen molar-refractivity contribution in [1.29, 1.82) is 0 Å².